The van der Waals surface area contributed by atoms with Gasteiger partial charge in [0.15, 0.2) is 0 Å². The molecule has 6 heteroatoms. The molecule has 0 spiro atoms. The second kappa shape index (κ2) is 4.48. The first-order valence-electron chi connectivity index (χ1n) is 5.25. The molecule has 0 aliphatic heterocycles. The molecule has 0 aliphatic carbocycles. The standard InChI is InChI=1S/C12H8Cl2N4/c13-8-2-1-3-9(10(8)14)18-12-7-4-5-15-11(7)16-6-17-12/h1-6H,(H2,15,16,17,18). The van der Waals surface area contributed by atoms with E-state index in [0.717, 1.165) is 11.0 Å². The lowest BCUT2D eigenvalue weighted by molar-refractivity contribution is 1.20. The number of hydrogen-bond acceptors (Lipinski definition) is 3. The fraction of sp³-hybridized carbons (Fsp3) is 0. The van der Waals surface area contributed by atoms with Crippen LogP contribution in [0.2, 0.25) is 10.0 Å². The van der Waals surface area contributed by atoms with E-state index in [9.17, 15) is 0 Å². The smallest absolute Gasteiger partial charge is 0.143 e. The van der Waals surface area contributed by atoms with Gasteiger partial charge in [0.05, 0.1) is 21.1 Å². The van der Waals surface area contributed by atoms with E-state index in [4.69, 9.17) is 23.2 Å². The molecule has 3 rings (SSSR count). The largest absolute Gasteiger partial charge is 0.346 e. The van der Waals surface area contributed by atoms with Gasteiger partial charge in [0.2, 0.25) is 0 Å². The van der Waals surface area contributed by atoms with Crippen molar-refractivity contribution in [3.63, 3.8) is 0 Å². The Morgan fingerprint density at radius 2 is 2.00 bits per heavy atom. The van der Waals surface area contributed by atoms with Gasteiger partial charge in [-0.3, -0.25) is 0 Å². The van der Waals surface area contributed by atoms with Crippen LogP contribution < -0.4 is 5.32 Å². The zero-order valence-electron chi connectivity index (χ0n) is 9.11. The van der Waals surface area contributed by atoms with Gasteiger partial charge >= 0.3 is 0 Å². The van der Waals surface area contributed by atoms with Crippen LogP contribution in [0.5, 0.6) is 0 Å². The van der Waals surface area contributed by atoms with Gasteiger partial charge in [-0.1, -0.05) is 29.3 Å². The van der Waals surface area contributed by atoms with E-state index in [2.05, 4.69) is 20.3 Å². The van der Waals surface area contributed by atoms with Crippen molar-refractivity contribution >= 4 is 45.7 Å². The quantitative estimate of drug-likeness (QED) is 0.745. The molecule has 0 radical (unpaired) electrons. The average molecular weight is 279 g/mol. The topological polar surface area (TPSA) is 53.6 Å². The number of nitrogens with zero attached hydrogens (tertiary/aromatic N) is 2. The molecule has 2 aromatic heterocycles. The molecule has 2 heterocycles. The molecule has 0 atom stereocenters. The van der Waals surface area contributed by atoms with E-state index < -0.39 is 0 Å². The summed E-state index contributed by atoms with van der Waals surface area (Å²) in [5.41, 5.74) is 1.48. The van der Waals surface area contributed by atoms with E-state index in [1.807, 2.05) is 24.4 Å². The number of H-pyrrole nitrogens is 1. The Bertz CT molecular complexity index is 708. The highest BCUT2D eigenvalue weighted by molar-refractivity contribution is 6.43. The van der Waals surface area contributed by atoms with Gasteiger partial charge in [-0.15, -0.1) is 0 Å². The van der Waals surface area contributed by atoms with E-state index in [-0.39, 0.29) is 0 Å². The Morgan fingerprint density at radius 3 is 2.89 bits per heavy atom. The normalized spacial score (nSPS) is 10.8. The van der Waals surface area contributed by atoms with Gasteiger partial charge in [0.1, 0.15) is 17.8 Å². The fourth-order valence-corrected chi connectivity index (χ4v) is 2.05. The molecule has 90 valence electrons. The highest BCUT2D eigenvalue weighted by atomic mass is 35.5. The first-order valence-corrected chi connectivity index (χ1v) is 6.00. The number of anilines is 2. The van der Waals surface area contributed by atoms with Gasteiger partial charge in [0.25, 0.3) is 0 Å². The maximum atomic E-state index is 6.12. The summed E-state index contributed by atoms with van der Waals surface area (Å²) in [6.45, 7) is 0. The molecule has 0 unspecified atom stereocenters. The van der Waals surface area contributed by atoms with Crippen molar-refractivity contribution < 1.29 is 0 Å². The Morgan fingerprint density at radius 1 is 1.11 bits per heavy atom. The van der Waals surface area contributed by atoms with Gasteiger partial charge < -0.3 is 10.3 Å². The lowest BCUT2D eigenvalue weighted by Crippen LogP contribution is -1.95. The summed E-state index contributed by atoms with van der Waals surface area (Å²) in [7, 11) is 0. The van der Waals surface area contributed by atoms with E-state index in [1.54, 1.807) is 6.07 Å². The highest BCUT2D eigenvalue weighted by Gasteiger charge is 2.08. The summed E-state index contributed by atoms with van der Waals surface area (Å²) >= 11 is 12.1. The van der Waals surface area contributed by atoms with Crippen LogP contribution in [0.3, 0.4) is 0 Å². The van der Waals surface area contributed by atoms with Crippen LogP contribution in [0.15, 0.2) is 36.8 Å². The summed E-state index contributed by atoms with van der Waals surface area (Å²) in [6, 6.07) is 7.30. The number of nitrogens with one attached hydrogen (secondary N) is 2. The fourth-order valence-electron chi connectivity index (χ4n) is 1.70. The van der Waals surface area contributed by atoms with Crippen molar-refractivity contribution in [3.05, 3.63) is 46.8 Å². The summed E-state index contributed by atoms with van der Waals surface area (Å²) in [5.74, 6) is 0.686. The Kier molecular flexibility index (Phi) is 2.81. The first-order chi connectivity index (χ1) is 8.75. The summed E-state index contributed by atoms with van der Waals surface area (Å²) in [5, 5.41) is 5.03. The zero-order chi connectivity index (χ0) is 12.5. The van der Waals surface area contributed by atoms with Gasteiger partial charge in [-0.2, -0.15) is 0 Å². The van der Waals surface area contributed by atoms with Crippen LogP contribution in [-0.2, 0) is 0 Å². The second-order valence-electron chi connectivity index (χ2n) is 3.69. The van der Waals surface area contributed by atoms with Crippen molar-refractivity contribution in [2.45, 2.75) is 0 Å². The number of hydrogen-bond donors (Lipinski definition) is 2. The van der Waals surface area contributed by atoms with Crippen LogP contribution in [-0.4, -0.2) is 15.0 Å². The maximum absolute atomic E-state index is 6.12. The van der Waals surface area contributed by atoms with Crippen molar-refractivity contribution in [2.24, 2.45) is 0 Å². The second-order valence-corrected chi connectivity index (χ2v) is 4.47. The molecule has 4 nitrogen and oxygen atoms in total. The van der Waals surface area contributed by atoms with E-state index in [1.165, 1.54) is 6.33 Å². The SMILES string of the molecule is Clc1cccc(Nc2ncnc3[nH]ccc23)c1Cl. The minimum Gasteiger partial charge on any atom is -0.346 e. The molecular weight excluding hydrogens is 271 g/mol. The third-order valence-electron chi connectivity index (χ3n) is 2.56. The average Bonchev–Trinajstić information content (AvgIpc) is 2.84. The molecular formula is C12H8Cl2N4. The first kappa shape index (κ1) is 11.3. The summed E-state index contributed by atoms with van der Waals surface area (Å²) < 4.78 is 0. The number of halogens is 2. The Labute approximate surface area is 113 Å². The molecule has 0 bridgehead atoms. The predicted molar refractivity (Wildman–Crippen MR) is 73.6 cm³/mol. The summed E-state index contributed by atoms with van der Waals surface area (Å²) in [4.78, 5) is 11.3. The molecule has 0 saturated carbocycles. The minimum atomic E-state index is 0.474. The number of benzene rings is 1. The van der Waals surface area contributed by atoms with Crippen molar-refractivity contribution in [1.82, 2.24) is 15.0 Å². The molecule has 1 aromatic carbocycles. The third-order valence-corrected chi connectivity index (χ3v) is 3.38. The lowest BCUT2D eigenvalue weighted by atomic mass is 10.3. The number of fused-ring (bicyclic) bond motifs is 1. The highest BCUT2D eigenvalue weighted by Crippen LogP contribution is 2.32. The number of aromatic nitrogens is 3. The molecule has 2 N–H and O–H groups in total. The number of aromatic amines is 1. The Hall–Kier alpha value is -1.78. The van der Waals surface area contributed by atoms with Crippen molar-refractivity contribution in [1.29, 1.82) is 0 Å². The maximum Gasteiger partial charge on any atom is 0.143 e. The Balaban J connectivity index is 2.06. The number of rotatable bonds is 2. The monoisotopic (exact) mass is 278 g/mol. The molecule has 18 heavy (non-hydrogen) atoms. The van der Waals surface area contributed by atoms with Crippen LogP contribution in [0, 0.1) is 0 Å². The van der Waals surface area contributed by atoms with Crippen LogP contribution in [0.1, 0.15) is 0 Å². The van der Waals surface area contributed by atoms with Crippen LogP contribution in [0.25, 0.3) is 11.0 Å². The van der Waals surface area contributed by atoms with Crippen molar-refractivity contribution in [2.75, 3.05) is 5.32 Å². The van der Waals surface area contributed by atoms with Crippen LogP contribution in [0.4, 0.5) is 11.5 Å². The minimum absolute atomic E-state index is 0.474. The van der Waals surface area contributed by atoms with Gasteiger partial charge in [0, 0.05) is 6.20 Å². The lowest BCUT2D eigenvalue weighted by Gasteiger charge is -2.08. The van der Waals surface area contributed by atoms with Gasteiger partial charge in [-0.05, 0) is 18.2 Å². The molecule has 0 saturated heterocycles. The molecule has 0 fully saturated rings. The zero-order valence-corrected chi connectivity index (χ0v) is 10.6. The predicted octanol–water partition coefficient (Wildman–Crippen LogP) is 4.01. The molecule has 0 aliphatic rings. The molecule has 3 aromatic rings. The van der Waals surface area contributed by atoms with E-state index >= 15 is 0 Å². The van der Waals surface area contributed by atoms with Crippen LogP contribution >= 0.6 is 23.2 Å². The summed E-state index contributed by atoms with van der Waals surface area (Å²) in [6.07, 6.45) is 3.30. The van der Waals surface area contributed by atoms with E-state index in [0.29, 0.717) is 21.6 Å². The molecule has 0 amide bonds. The third kappa shape index (κ3) is 1.89. The van der Waals surface area contributed by atoms with Gasteiger partial charge in [-0.25, -0.2) is 9.97 Å². The van der Waals surface area contributed by atoms with Crippen molar-refractivity contribution in [3.8, 4) is 0 Å².